The van der Waals surface area contributed by atoms with Gasteiger partial charge in [0.15, 0.2) is 0 Å². The summed E-state index contributed by atoms with van der Waals surface area (Å²) in [6.45, 7) is 1.34. The van der Waals surface area contributed by atoms with E-state index in [-0.39, 0.29) is 6.61 Å². The van der Waals surface area contributed by atoms with Crippen LogP contribution >= 0.6 is 0 Å². The summed E-state index contributed by atoms with van der Waals surface area (Å²) in [5.41, 5.74) is 2.43. The summed E-state index contributed by atoms with van der Waals surface area (Å²) in [4.78, 5) is 33.7. The van der Waals surface area contributed by atoms with Gasteiger partial charge in [0.05, 0.1) is 12.2 Å². The highest BCUT2D eigenvalue weighted by atomic mass is 19.4. The third-order valence-electron chi connectivity index (χ3n) is 2.17. The SMILES string of the molecule is CCOC(=O)C(=O)NNC(=O)c1cc(OC(F)(F)F)ccc1F. The van der Waals surface area contributed by atoms with Crippen LogP contribution in [0.5, 0.6) is 5.75 Å². The molecule has 0 saturated heterocycles. The number of rotatable bonds is 3. The van der Waals surface area contributed by atoms with Gasteiger partial charge in [-0.05, 0) is 25.1 Å². The van der Waals surface area contributed by atoms with E-state index in [0.717, 1.165) is 0 Å². The minimum absolute atomic E-state index is 0.0916. The molecule has 0 bridgehead atoms. The van der Waals surface area contributed by atoms with Gasteiger partial charge in [-0.3, -0.25) is 20.4 Å². The molecule has 7 nitrogen and oxygen atoms in total. The molecule has 0 aliphatic heterocycles. The number of carbonyl (C=O) groups is 3. The van der Waals surface area contributed by atoms with E-state index in [4.69, 9.17) is 0 Å². The van der Waals surface area contributed by atoms with E-state index in [1.165, 1.54) is 6.92 Å². The maximum atomic E-state index is 13.5. The highest BCUT2D eigenvalue weighted by molar-refractivity contribution is 6.32. The summed E-state index contributed by atoms with van der Waals surface area (Å²) in [6.07, 6.45) is -5.02. The largest absolute Gasteiger partial charge is 0.573 e. The molecule has 0 saturated carbocycles. The Labute approximate surface area is 126 Å². The quantitative estimate of drug-likeness (QED) is 0.372. The lowest BCUT2D eigenvalue weighted by Gasteiger charge is -2.11. The fourth-order valence-corrected chi connectivity index (χ4v) is 1.30. The molecular formula is C12H10F4N2O5. The van der Waals surface area contributed by atoms with Gasteiger partial charge in [-0.2, -0.15) is 0 Å². The fourth-order valence-electron chi connectivity index (χ4n) is 1.30. The second kappa shape index (κ2) is 7.42. The van der Waals surface area contributed by atoms with Crippen LogP contribution in [-0.2, 0) is 14.3 Å². The molecule has 0 atom stereocenters. The van der Waals surface area contributed by atoms with Crippen LogP contribution in [0.1, 0.15) is 17.3 Å². The molecule has 11 heteroatoms. The number of benzene rings is 1. The van der Waals surface area contributed by atoms with Crippen LogP contribution < -0.4 is 15.6 Å². The second-order valence-corrected chi connectivity index (χ2v) is 3.82. The topological polar surface area (TPSA) is 93.7 Å². The lowest BCUT2D eigenvalue weighted by Crippen LogP contribution is -2.45. The van der Waals surface area contributed by atoms with E-state index in [1.807, 2.05) is 0 Å². The lowest BCUT2D eigenvalue weighted by atomic mass is 10.2. The van der Waals surface area contributed by atoms with Crippen LogP contribution in [-0.4, -0.2) is 30.8 Å². The summed E-state index contributed by atoms with van der Waals surface area (Å²) in [6, 6.07) is 1.72. The number of ether oxygens (including phenoxy) is 2. The van der Waals surface area contributed by atoms with E-state index >= 15 is 0 Å². The van der Waals surface area contributed by atoms with E-state index in [2.05, 4.69) is 9.47 Å². The van der Waals surface area contributed by atoms with Gasteiger partial charge >= 0.3 is 18.2 Å². The number of amides is 2. The van der Waals surface area contributed by atoms with Crippen molar-refractivity contribution in [1.29, 1.82) is 0 Å². The average Bonchev–Trinajstić information content (AvgIpc) is 2.45. The maximum Gasteiger partial charge on any atom is 0.573 e. The van der Waals surface area contributed by atoms with Crippen molar-refractivity contribution in [3.63, 3.8) is 0 Å². The molecule has 0 unspecified atom stereocenters. The molecule has 1 aromatic carbocycles. The molecule has 1 rings (SSSR count). The van der Waals surface area contributed by atoms with Gasteiger partial charge in [0.1, 0.15) is 11.6 Å². The van der Waals surface area contributed by atoms with Gasteiger partial charge in [-0.25, -0.2) is 9.18 Å². The fraction of sp³-hybridized carbons (Fsp3) is 0.250. The number of hydrogen-bond acceptors (Lipinski definition) is 5. The van der Waals surface area contributed by atoms with Crippen molar-refractivity contribution in [3.05, 3.63) is 29.6 Å². The number of nitrogens with one attached hydrogen (secondary N) is 2. The molecule has 1 aromatic rings. The first-order chi connectivity index (χ1) is 10.6. The maximum absolute atomic E-state index is 13.5. The summed E-state index contributed by atoms with van der Waals surface area (Å²) >= 11 is 0. The van der Waals surface area contributed by atoms with Gasteiger partial charge in [0.2, 0.25) is 0 Å². The highest BCUT2D eigenvalue weighted by Gasteiger charge is 2.31. The lowest BCUT2D eigenvalue weighted by molar-refractivity contribution is -0.274. The normalized spacial score (nSPS) is 10.7. The van der Waals surface area contributed by atoms with Gasteiger partial charge in [-0.15, -0.1) is 13.2 Å². The third kappa shape index (κ3) is 5.80. The number of esters is 1. The van der Waals surface area contributed by atoms with Crippen LogP contribution in [0.15, 0.2) is 18.2 Å². The van der Waals surface area contributed by atoms with Crippen LogP contribution in [0.2, 0.25) is 0 Å². The molecule has 2 amide bonds. The molecule has 0 aliphatic rings. The molecule has 0 radical (unpaired) electrons. The van der Waals surface area contributed by atoms with Crippen molar-refractivity contribution >= 4 is 17.8 Å². The Morgan fingerprint density at radius 1 is 1.17 bits per heavy atom. The molecule has 2 N–H and O–H groups in total. The zero-order chi connectivity index (χ0) is 17.6. The van der Waals surface area contributed by atoms with Crippen molar-refractivity contribution in [2.45, 2.75) is 13.3 Å². The molecule has 0 aliphatic carbocycles. The van der Waals surface area contributed by atoms with Crippen LogP contribution in [0, 0.1) is 5.82 Å². The van der Waals surface area contributed by atoms with E-state index in [1.54, 1.807) is 10.9 Å². The molecular weight excluding hydrogens is 328 g/mol. The Hall–Kier alpha value is -2.85. The van der Waals surface area contributed by atoms with E-state index < -0.39 is 41.3 Å². The number of halogens is 4. The van der Waals surface area contributed by atoms with E-state index in [9.17, 15) is 31.9 Å². The molecule has 0 aromatic heterocycles. The van der Waals surface area contributed by atoms with Gasteiger partial charge in [0.25, 0.3) is 5.91 Å². The molecule has 126 valence electrons. The summed E-state index contributed by atoms with van der Waals surface area (Å²) in [5, 5.41) is 0. The van der Waals surface area contributed by atoms with Gasteiger partial charge in [0, 0.05) is 0 Å². The van der Waals surface area contributed by atoms with Gasteiger partial charge < -0.3 is 9.47 Å². The van der Waals surface area contributed by atoms with Crippen molar-refractivity contribution in [2.24, 2.45) is 0 Å². The van der Waals surface area contributed by atoms with Crippen molar-refractivity contribution in [2.75, 3.05) is 6.61 Å². The van der Waals surface area contributed by atoms with Gasteiger partial charge in [-0.1, -0.05) is 0 Å². The standard InChI is InChI=1S/C12H10F4N2O5/c1-2-22-11(21)10(20)18-17-9(19)7-5-6(3-4-8(7)13)23-12(14,15)16/h3-5H,2H2,1H3,(H,17,19)(H,18,20). The van der Waals surface area contributed by atoms with Crippen molar-refractivity contribution in [1.82, 2.24) is 10.9 Å². The second-order valence-electron chi connectivity index (χ2n) is 3.82. The predicted octanol–water partition coefficient (Wildman–Crippen LogP) is 1.05. The average molecular weight is 338 g/mol. The first kappa shape index (κ1) is 18.2. The van der Waals surface area contributed by atoms with Crippen molar-refractivity contribution < 1.29 is 41.4 Å². The minimum atomic E-state index is -5.02. The number of alkyl halides is 3. The minimum Gasteiger partial charge on any atom is -0.459 e. The Bertz CT molecular complexity index is 618. The number of hydrogen-bond donors (Lipinski definition) is 2. The Kier molecular flexibility index (Phi) is 5.87. The summed E-state index contributed by atoms with van der Waals surface area (Å²) in [5.74, 6) is -5.94. The molecule has 0 heterocycles. The Balaban J connectivity index is 2.77. The number of carbonyl (C=O) groups excluding carboxylic acids is 3. The third-order valence-corrected chi connectivity index (χ3v) is 2.17. The molecule has 0 spiro atoms. The Morgan fingerprint density at radius 3 is 2.39 bits per heavy atom. The zero-order valence-corrected chi connectivity index (χ0v) is 11.5. The monoisotopic (exact) mass is 338 g/mol. The van der Waals surface area contributed by atoms with Crippen LogP contribution in [0.25, 0.3) is 0 Å². The van der Waals surface area contributed by atoms with Crippen molar-refractivity contribution in [3.8, 4) is 5.75 Å². The van der Waals surface area contributed by atoms with Crippen LogP contribution in [0.4, 0.5) is 17.6 Å². The summed E-state index contributed by atoms with van der Waals surface area (Å²) in [7, 11) is 0. The highest BCUT2D eigenvalue weighted by Crippen LogP contribution is 2.24. The Morgan fingerprint density at radius 2 is 1.83 bits per heavy atom. The smallest absolute Gasteiger partial charge is 0.459 e. The molecule has 0 fully saturated rings. The van der Waals surface area contributed by atoms with E-state index in [0.29, 0.717) is 18.2 Å². The summed E-state index contributed by atoms with van der Waals surface area (Å²) < 4.78 is 57.5. The zero-order valence-electron chi connectivity index (χ0n) is 11.5. The number of hydrazine groups is 1. The first-order valence-electron chi connectivity index (χ1n) is 5.96. The predicted molar refractivity (Wildman–Crippen MR) is 65.3 cm³/mol. The first-order valence-corrected chi connectivity index (χ1v) is 5.96. The van der Waals surface area contributed by atoms with Crippen LogP contribution in [0.3, 0.4) is 0 Å². The molecule has 23 heavy (non-hydrogen) atoms.